The Morgan fingerprint density at radius 3 is 2.25 bits per heavy atom. The number of carbonyl (C=O) groups excluding carboxylic acids is 2. The monoisotopic (exact) mass is 1030 g/mol. The second-order valence-electron chi connectivity index (χ2n) is 22.3. The van der Waals surface area contributed by atoms with E-state index < -0.39 is 24.0 Å². The number of nitrogens with zero attached hydrogens (tertiary/aromatic N) is 9. The van der Waals surface area contributed by atoms with Gasteiger partial charge in [0.15, 0.2) is 17.3 Å². The van der Waals surface area contributed by atoms with Gasteiger partial charge in [0.2, 0.25) is 11.9 Å². The summed E-state index contributed by atoms with van der Waals surface area (Å²) < 4.78 is 26.4. The molecule has 4 saturated heterocycles. The van der Waals surface area contributed by atoms with Gasteiger partial charge in [-0.05, 0) is 134 Å². The van der Waals surface area contributed by atoms with Crippen LogP contribution >= 0.6 is 0 Å². The number of halogens is 1. The number of likely N-dealkylation sites (tertiary alicyclic amines) is 2. The first kappa shape index (κ1) is 49.5. The number of fused-ring (bicyclic) bond motifs is 2. The zero-order valence-electron chi connectivity index (χ0n) is 42.7. The molecule has 7 heterocycles. The Hall–Kier alpha value is -7.38. The van der Waals surface area contributed by atoms with Crippen molar-refractivity contribution in [1.82, 2.24) is 40.6 Å². The fourth-order valence-electron chi connectivity index (χ4n) is 13.1. The SMILES string of the molecule is CC(C)[C@@H](C(=O)N1C[C@H](O)C[C@H]1C(=O)NOc1ccc(-c2ccccc2F)cc1)c1cc(OC2CC3(C2)CC(N2CCC(c4cnc(N5C6CCC5CN(c5cc(-c7ccccc7O)nnc5N)C6)nc4)CC2)C3)no1. The second-order valence-corrected chi connectivity index (χ2v) is 22.3. The number of piperidine rings is 1. The number of hydrogen-bond acceptors (Lipinski definition) is 16. The summed E-state index contributed by atoms with van der Waals surface area (Å²) in [7, 11) is 0. The van der Waals surface area contributed by atoms with E-state index in [9.17, 15) is 24.2 Å². The molecule has 396 valence electrons. The van der Waals surface area contributed by atoms with Crippen LogP contribution in [-0.2, 0) is 9.59 Å². The van der Waals surface area contributed by atoms with E-state index in [-0.39, 0.29) is 60.0 Å². The molecule has 12 rings (SSSR count). The molecular formula is C57H64FN11O7. The molecule has 3 aromatic carbocycles. The van der Waals surface area contributed by atoms with Crippen LogP contribution in [0, 0.1) is 17.2 Å². The van der Waals surface area contributed by atoms with Crippen LogP contribution in [-0.4, -0.2) is 126 Å². The largest absolute Gasteiger partial charge is 0.507 e. The average Bonchev–Trinajstić information content (AvgIpc) is 4.15. The molecule has 6 aliphatic rings. The van der Waals surface area contributed by atoms with Gasteiger partial charge in [0.05, 0.1) is 17.5 Å². The molecule has 2 unspecified atom stereocenters. The van der Waals surface area contributed by atoms with Crippen LogP contribution in [0.4, 0.5) is 21.8 Å². The van der Waals surface area contributed by atoms with Crippen molar-refractivity contribution < 1.29 is 38.3 Å². The molecule has 5 atom stereocenters. The number of nitrogens with two attached hydrogens (primary N) is 1. The van der Waals surface area contributed by atoms with E-state index >= 15 is 0 Å². The van der Waals surface area contributed by atoms with Crippen LogP contribution in [0.25, 0.3) is 22.4 Å². The summed E-state index contributed by atoms with van der Waals surface area (Å²) in [6, 6.07) is 23.9. The van der Waals surface area contributed by atoms with Crippen molar-refractivity contribution in [1.29, 1.82) is 0 Å². The molecule has 3 aromatic heterocycles. The molecule has 1 spiro atoms. The van der Waals surface area contributed by atoms with E-state index in [0.717, 1.165) is 89.2 Å². The number of hydrogen-bond donors (Lipinski definition) is 4. The Balaban J connectivity index is 0.589. The number of nitrogens with one attached hydrogen (secondary N) is 1. The lowest BCUT2D eigenvalue weighted by molar-refractivity contribution is -0.143. The molecule has 6 fully saturated rings. The summed E-state index contributed by atoms with van der Waals surface area (Å²) in [5, 5.41) is 33.9. The number of carbonyl (C=O) groups is 2. The summed E-state index contributed by atoms with van der Waals surface area (Å²) >= 11 is 0. The quantitative estimate of drug-likeness (QED) is 0.0789. The number of β-amino-alcohol motifs (C(OH)–C–C–N with tert-alkyl or cyclic N) is 1. The van der Waals surface area contributed by atoms with E-state index in [0.29, 0.717) is 57.6 Å². The maximum Gasteiger partial charge on any atom is 0.275 e. The Morgan fingerprint density at radius 1 is 0.855 bits per heavy atom. The number of aromatic hydroxyl groups is 1. The highest BCUT2D eigenvalue weighted by atomic mass is 19.1. The first-order valence-electron chi connectivity index (χ1n) is 26.8. The van der Waals surface area contributed by atoms with E-state index in [1.54, 1.807) is 60.7 Å². The Bertz CT molecular complexity index is 3050. The summed E-state index contributed by atoms with van der Waals surface area (Å²) in [4.78, 5) is 51.9. The highest BCUT2D eigenvalue weighted by Crippen LogP contribution is 2.58. The van der Waals surface area contributed by atoms with E-state index in [2.05, 4.69) is 47.9 Å². The van der Waals surface area contributed by atoms with Crippen molar-refractivity contribution in [3.63, 3.8) is 0 Å². The average molecular weight is 1030 g/mol. The fourth-order valence-corrected chi connectivity index (χ4v) is 13.1. The van der Waals surface area contributed by atoms with Gasteiger partial charge in [0.25, 0.3) is 11.8 Å². The Morgan fingerprint density at radius 2 is 1.55 bits per heavy atom. The lowest BCUT2D eigenvalue weighted by Crippen LogP contribution is -2.59. The van der Waals surface area contributed by atoms with Crippen molar-refractivity contribution in [3.05, 3.63) is 114 Å². The molecule has 0 radical (unpaired) electrons. The molecule has 2 amide bonds. The number of aliphatic hydroxyl groups is 1. The number of aliphatic hydroxyl groups excluding tert-OH is 1. The summed E-state index contributed by atoms with van der Waals surface area (Å²) in [6.45, 7) is 7.45. The third-order valence-electron chi connectivity index (χ3n) is 17.1. The zero-order chi connectivity index (χ0) is 52.2. The number of para-hydroxylation sites is 1. The van der Waals surface area contributed by atoms with Crippen LogP contribution < -0.4 is 30.6 Å². The Labute approximate surface area is 440 Å². The molecule has 2 aliphatic carbocycles. The summed E-state index contributed by atoms with van der Waals surface area (Å²) in [5.41, 5.74) is 13.5. The maximum absolute atomic E-state index is 14.3. The van der Waals surface area contributed by atoms with Crippen LogP contribution in [0.2, 0.25) is 0 Å². The molecular weight excluding hydrogens is 970 g/mol. The first-order chi connectivity index (χ1) is 36.8. The van der Waals surface area contributed by atoms with E-state index in [1.807, 2.05) is 32.0 Å². The molecule has 6 aromatic rings. The number of aromatic nitrogens is 5. The molecule has 19 heteroatoms. The van der Waals surface area contributed by atoms with Gasteiger partial charge in [-0.2, -0.15) is 5.48 Å². The number of phenolic OH excluding ortho intramolecular Hbond substituents is 1. The number of phenols is 1. The molecule has 18 nitrogen and oxygen atoms in total. The molecule has 5 N–H and O–H groups in total. The molecule has 76 heavy (non-hydrogen) atoms. The third-order valence-corrected chi connectivity index (χ3v) is 17.1. The number of amides is 2. The minimum Gasteiger partial charge on any atom is -0.507 e. The number of hydroxylamine groups is 1. The lowest BCUT2D eigenvalue weighted by Gasteiger charge is -2.60. The van der Waals surface area contributed by atoms with Gasteiger partial charge in [-0.15, -0.1) is 10.2 Å². The number of rotatable bonds is 14. The number of ether oxygens (including phenoxy) is 1. The number of anilines is 3. The minimum atomic E-state index is -0.973. The molecule has 2 saturated carbocycles. The van der Waals surface area contributed by atoms with Gasteiger partial charge < -0.3 is 49.6 Å². The normalized spacial score (nSPS) is 25.8. The lowest BCUT2D eigenvalue weighted by atomic mass is 9.52. The maximum atomic E-state index is 14.3. The van der Waals surface area contributed by atoms with Crippen molar-refractivity contribution in [2.24, 2.45) is 11.3 Å². The van der Waals surface area contributed by atoms with Crippen LogP contribution in [0.1, 0.15) is 94.8 Å². The predicted molar refractivity (Wildman–Crippen MR) is 281 cm³/mol. The number of piperazine rings is 1. The number of benzene rings is 3. The van der Waals surface area contributed by atoms with Gasteiger partial charge in [-0.25, -0.2) is 14.4 Å². The minimum absolute atomic E-state index is 0.0132. The van der Waals surface area contributed by atoms with Gasteiger partial charge in [0.1, 0.15) is 29.6 Å². The standard InChI is InChI=1S/C57H64FN11O7/c1-33(2)52(55(73)68-32-40(70)21-48(68)54(72)65-75-41-15-11-35(12-16-41)43-7-3-5-9-45(43)58)50-23-51(64-76-50)74-42-26-57(27-42)24-39(25-57)66-19-17-34(18-20-66)36-28-60-56(61-29-36)69-37-13-14-38(69)31-67(30-37)47-22-46(62-63-53(47)59)44-8-4-6-10-49(44)71/h3-12,15-16,22-23,28-29,33-34,37-40,42,48,52,70-71H,13-14,17-21,24-27,30-32H2,1-2H3,(H2,59,63)(H,65,72)/t37?,38?,39?,40-,42?,48+,52-,57?/m1/s1. The van der Waals surface area contributed by atoms with Crippen molar-refractivity contribution in [3.8, 4) is 39.8 Å². The molecule has 2 bridgehead atoms. The van der Waals surface area contributed by atoms with Gasteiger partial charge in [-0.3, -0.25) is 9.59 Å². The Kier molecular flexibility index (Phi) is 13.2. The van der Waals surface area contributed by atoms with Gasteiger partial charge in [-0.1, -0.05) is 56.3 Å². The topological polar surface area (TPSA) is 222 Å². The smallest absolute Gasteiger partial charge is 0.275 e. The van der Waals surface area contributed by atoms with Gasteiger partial charge >= 0.3 is 0 Å². The van der Waals surface area contributed by atoms with Crippen LogP contribution in [0.15, 0.2) is 102 Å². The van der Waals surface area contributed by atoms with E-state index in [4.69, 9.17) is 29.8 Å². The summed E-state index contributed by atoms with van der Waals surface area (Å²) in [5.74, 6) is 0.524. The van der Waals surface area contributed by atoms with Gasteiger partial charge in [0, 0.05) is 73.8 Å². The van der Waals surface area contributed by atoms with Crippen molar-refractivity contribution in [2.45, 2.75) is 120 Å². The van der Waals surface area contributed by atoms with Crippen LogP contribution in [0.3, 0.4) is 0 Å². The fraction of sp³-hybridized carbons (Fsp3) is 0.456. The highest BCUT2D eigenvalue weighted by Gasteiger charge is 2.56. The van der Waals surface area contributed by atoms with E-state index in [1.165, 1.54) is 16.5 Å². The highest BCUT2D eigenvalue weighted by molar-refractivity contribution is 5.91. The van der Waals surface area contributed by atoms with Crippen molar-refractivity contribution in [2.75, 3.05) is 48.3 Å². The predicted octanol–water partition coefficient (Wildman–Crippen LogP) is 7.25. The molecule has 4 aliphatic heterocycles. The zero-order valence-corrected chi connectivity index (χ0v) is 42.7. The number of nitrogen functional groups attached to an aromatic ring is 1. The second kappa shape index (κ2) is 20.3. The first-order valence-corrected chi connectivity index (χ1v) is 26.8. The van der Waals surface area contributed by atoms with Crippen LogP contribution in [0.5, 0.6) is 17.4 Å². The third kappa shape index (κ3) is 9.63. The summed E-state index contributed by atoms with van der Waals surface area (Å²) in [6.07, 6.45) is 11.7. The van der Waals surface area contributed by atoms with Crippen molar-refractivity contribution >= 4 is 29.3 Å².